The Balaban J connectivity index is 1.63. The Hall–Kier alpha value is -2.17. The molecule has 0 saturated carbocycles. The van der Waals surface area contributed by atoms with Crippen LogP contribution in [0.2, 0.25) is 0 Å². The van der Waals surface area contributed by atoms with Crippen molar-refractivity contribution in [2.24, 2.45) is 0 Å². The van der Waals surface area contributed by atoms with Crippen molar-refractivity contribution in [2.75, 3.05) is 23.3 Å². The van der Waals surface area contributed by atoms with E-state index < -0.39 is 0 Å². The van der Waals surface area contributed by atoms with Gasteiger partial charge < -0.3 is 10.2 Å². The molecule has 5 heteroatoms. The first kappa shape index (κ1) is 11.9. The third kappa shape index (κ3) is 2.81. The highest BCUT2D eigenvalue weighted by Gasteiger charge is 2.23. The van der Waals surface area contributed by atoms with Crippen LogP contribution in [0.25, 0.3) is 0 Å². The van der Waals surface area contributed by atoms with Gasteiger partial charge in [-0.1, -0.05) is 6.07 Å². The molecule has 3 heterocycles. The maximum atomic E-state index is 4.39. The second-order valence-corrected chi connectivity index (χ2v) is 4.75. The summed E-state index contributed by atoms with van der Waals surface area (Å²) in [5.41, 5.74) is 0. The monoisotopic (exact) mass is 255 g/mol. The van der Waals surface area contributed by atoms with Gasteiger partial charge in [0, 0.05) is 31.5 Å². The van der Waals surface area contributed by atoms with Crippen molar-refractivity contribution in [1.82, 2.24) is 15.0 Å². The Labute approximate surface area is 112 Å². The summed E-state index contributed by atoms with van der Waals surface area (Å²) < 4.78 is 0. The maximum Gasteiger partial charge on any atom is 0.129 e. The van der Waals surface area contributed by atoms with Crippen LogP contribution >= 0.6 is 0 Å². The van der Waals surface area contributed by atoms with E-state index in [4.69, 9.17) is 0 Å². The van der Waals surface area contributed by atoms with E-state index in [9.17, 15) is 0 Å². The van der Waals surface area contributed by atoms with Crippen molar-refractivity contribution in [3.05, 3.63) is 42.5 Å². The van der Waals surface area contributed by atoms with Crippen LogP contribution < -0.4 is 10.2 Å². The molecule has 2 aromatic heterocycles. The molecule has 0 radical (unpaired) electrons. The topological polar surface area (TPSA) is 53.9 Å². The average molecular weight is 255 g/mol. The first-order valence-corrected chi connectivity index (χ1v) is 6.53. The van der Waals surface area contributed by atoms with Crippen LogP contribution in [0.1, 0.15) is 12.2 Å². The summed E-state index contributed by atoms with van der Waals surface area (Å²) in [5, 5.41) is 3.46. The predicted octanol–water partition coefficient (Wildman–Crippen LogP) is 1.87. The number of aromatic nitrogens is 3. The fourth-order valence-corrected chi connectivity index (χ4v) is 2.37. The molecular formula is C14H17N5. The third-order valence-corrected chi connectivity index (χ3v) is 3.29. The van der Waals surface area contributed by atoms with Gasteiger partial charge in [0.1, 0.15) is 17.5 Å². The number of nitrogens with one attached hydrogen (secondary N) is 1. The van der Waals surface area contributed by atoms with Crippen molar-refractivity contribution < 1.29 is 0 Å². The molecule has 19 heavy (non-hydrogen) atoms. The third-order valence-electron chi connectivity index (χ3n) is 3.29. The Morgan fingerprint density at radius 2 is 2.16 bits per heavy atom. The van der Waals surface area contributed by atoms with Crippen molar-refractivity contribution in [3.8, 4) is 0 Å². The molecule has 2 aromatic rings. The second kappa shape index (κ2) is 5.22. The van der Waals surface area contributed by atoms with Gasteiger partial charge in [-0.3, -0.25) is 0 Å². The standard InChI is InChI=1S/C14H17N5/c1-11-15-8-5-13(17-11)18-12-6-9-19(10-12)14-4-2-3-7-16-14/h2-5,7-8,12H,6,9-10H2,1H3,(H,15,17,18). The van der Waals surface area contributed by atoms with Crippen LogP contribution in [0.4, 0.5) is 11.6 Å². The van der Waals surface area contributed by atoms with E-state index in [-0.39, 0.29) is 0 Å². The first-order valence-electron chi connectivity index (χ1n) is 6.53. The number of anilines is 2. The second-order valence-electron chi connectivity index (χ2n) is 4.75. The molecule has 1 aliphatic rings. The normalized spacial score (nSPS) is 18.6. The van der Waals surface area contributed by atoms with E-state index in [2.05, 4.69) is 31.2 Å². The number of pyridine rings is 1. The SMILES string of the molecule is Cc1nccc(NC2CCN(c3ccccn3)C2)n1. The number of nitrogens with zero attached hydrogens (tertiary/aromatic N) is 4. The lowest BCUT2D eigenvalue weighted by Crippen LogP contribution is -2.26. The summed E-state index contributed by atoms with van der Waals surface area (Å²) in [7, 11) is 0. The minimum atomic E-state index is 0.413. The van der Waals surface area contributed by atoms with E-state index >= 15 is 0 Å². The molecule has 0 bridgehead atoms. The quantitative estimate of drug-likeness (QED) is 0.907. The lowest BCUT2D eigenvalue weighted by Gasteiger charge is -2.18. The van der Waals surface area contributed by atoms with E-state index in [0.717, 1.165) is 37.0 Å². The molecule has 0 aromatic carbocycles. The lowest BCUT2D eigenvalue weighted by molar-refractivity contribution is 0.796. The van der Waals surface area contributed by atoms with Gasteiger partial charge in [0.25, 0.3) is 0 Å². The van der Waals surface area contributed by atoms with E-state index in [1.807, 2.05) is 31.3 Å². The molecule has 1 atom stereocenters. The summed E-state index contributed by atoms with van der Waals surface area (Å²) in [6.07, 6.45) is 4.72. The number of rotatable bonds is 3. The molecule has 3 rings (SSSR count). The molecule has 1 unspecified atom stereocenters. The van der Waals surface area contributed by atoms with E-state index in [1.54, 1.807) is 6.20 Å². The number of aryl methyl sites for hydroxylation is 1. The Morgan fingerprint density at radius 3 is 2.95 bits per heavy atom. The van der Waals surface area contributed by atoms with Gasteiger partial charge in [-0.2, -0.15) is 0 Å². The fraction of sp³-hybridized carbons (Fsp3) is 0.357. The van der Waals surface area contributed by atoms with E-state index in [0.29, 0.717) is 6.04 Å². The molecular weight excluding hydrogens is 238 g/mol. The highest BCUT2D eigenvalue weighted by atomic mass is 15.2. The van der Waals surface area contributed by atoms with Crippen molar-refractivity contribution in [3.63, 3.8) is 0 Å². The van der Waals surface area contributed by atoms with Gasteiger partial charge in [0.15, 0.2) is 0 Å². The molecule has 0 spiro atoms. The van der Waals surface area contributed by atoms with Crippen molar-refractivity contribution in [1.29, 1.82) is 0 Å². The predicted molar refractivity (Wildman–Crippen MR) is 75.2 cm³/mol. The van der Waals surface area contributed by atoms with Crippen molar-refractivity contribution in [2.45, 2.75) is 19.4 Å². The molecule has 1 fully saturated rings. The minimum absolute atomic E-state index is 0.413. The largest absolute Gasteiger partial charge is 0.365 e. The summed E-state index contributed by atoms with van der Waals surface area (Å²) in [6.45, 7) is 3.89. The summed E-state index contributed by atoms with van der Waals surface area (Å²) in [5.74, 6) is 2.75. The molecule has 0 amide bonds. The van der Waals surface area contributed by atoms with Gasteiger partial charge in [-0.25, -0.2) is 15.0 Å². The molecule has 5 nitrogen and oxygen atoms in total. The Morgan fingerprint density at radius 1 is 1.21 bits per heavy atom. The molecule has 1 saturated heterocycles. The number of hydrogen-bond donors (Lipinski definition) is 1. The van der Waals surface area contributed by atoms with Gasteiger partial charge in [0.05, 0.1) is 0 Å². The zero-order chi connectivity index (χ0) is 13.1. The fourth-order valence-electron chi connectivity index (χ4n) is 2.37. The van der Waals surface area contributed by atoms with Gasteiger partial charge >= 0.3 is 0 Å². The first-order chi connectivity index (χ1) is 9.31. The summed E-state index contributed by atoms with van der Waals surface area (Å²) in [6, 6.07) is 8.35. The Bertz CT molecular complexity index is 543. The van der Waals surface area contributed by atoms with Crippen LogP contribution in [0.3, 0.4) is 0 Å². The highest BCUT2D eigenvalue weighted by molar-refractivity contribution is 5.42. The summed E-state index contributed by atoms with van der Waals surface area (Å²) >= 11 is 0. The van der Waals surface area contributed by atoms with Crippen LogP contribution in [0.5, 0.6) is 0 Å². The van der Waals surface area contributed by atoms with E-state index in [1.165, 1.54) is 0 Å². The smallest absolute Gasteiger partial charge is 0.129 e. The molecule has 1 N–H and O–H groups in total. The molecule has 1 aliphatic heterocycles. The zero-order valence-electron chi connectivity index (χ0n) is 11.0. The highest BCUT2D eigenvalue weighted by Crippen LogP contribution is 2.19. The number of hydrogen-bond acceptors (Lipinski definition) is 5. The van der Waals surface area contributed by atoms with Crippen LogP contribution in [-0.4, -0.2) is 34.1 Å². The minimum Gasteiger partial charge on any atom is -0.365 e. The van der Waals surface area contributed by atoms with Gasteiger partial charge in [-0.15, -0.1) is 0 Å². The molecule has 0 aliphatic carbocycles. The van der Waals surface area contributed by atoms with Crippen LogP contribution in [-0.2, 0) is 0 Å². The average Bonchev–Trinajstić information content (AvgIpc) is 2.88. The molecule has 98 valence electrons. The van der Waals surface area contributed by atoms with Crippen molar-refractivity contribution >= 4 is 11.6 Å². The summed E-state index contributed by atoms with van der Waals surface area (Å²) in [4.78, 5) is 15.2. The van der Waals surface area contributed by atoms with Gasteiger partial charge in [0.2, 0.25) is 0 Å². The zero-order valence-corrected chi connectivity index (χ0v) is 11.0. The lowest BCUT2D eigenvalue weighted by atomic mass is 10.2. The van der Waals surface area contributed by atoms with Crippen LogP contribution in [0.15, 0.2) is 36.7 Å². The Kier molecular flexibility index (Phi) is 3.27. The van der Waals surface area contributed by atoms with Gasteiger partial charge in [-0.05, 0) is 31.5 Å². The van der Waals surface area contributed by atoms with Crippen LogP contribution in [0, 0.1) is 6.92 Å². The maximum absolute atomic E-state index is 4.39.